The molecule has 2 heterocycles. The van der Waals surface area contributed by atoms with Gasteiger partial charge in [0.15, 0.2) is 15.8 Å². The predicted molar refractivity (Wildman–Crippen MR) is 97.5 cm³/mol. The Morgan fingerprint density at radius 1 is 1.17 bits per heavy atom. The second-order valence-electron chi connectivity index (χ2n) is 6.13. The second-order valence-corrected chi connectivity index (χ2v) is 8.33. The van der Waals surface area contributed by atoms with Crippen molar-refractivity contribution in [2.45, 2.75) is 31.1 Å². The van der Waals surface area contributed by atoms with Crippen molar-refractivity contribution < 1.29 is 26.0 Å². The first kappa shape index (κ1) is 21.5. The van der Waals surface area contributed by atoms with Crippen LogP contribution < -0.4 is 0 Å². The van der Waals surface area contributed by atoms with Crippen LogP contribution in [0.4, 0.5) is 17.6 Å². The molecule has 1 aromatic carbocycles. The minimum atomic E-state index is -4.95. The molecule has 0 amide bonds. The molecule has 2 aromatic heterocycles. The van der Waals surface area contributed by atoms with Crippen molar-refractivity contribution in [3.05, 3.63) is 58.6 Å². The summed E-state index contributed by atoms with van der Waals surface area (Å²) in [4.78, 5) is 4.08. The van der Waals surface area contributed by atoms with Gasteiger partial charge < -0.3 is 0 Å². The van der Waals surface area contributed by atoms with Crippen molar-refractivity contribution in [1.29, 1.82) is 0 Å². The highest BCUT2D eigenvalue weighted by Crippen LogP contribution is 2.40. The van der Waals surface area contributed by atoms with Gasteiger partial charge in [0, 0.05) is 6.54 Å². The Morgan fingerprint density at radius 3 is 2.34 bits per heavy atom. The number of hydrogen-bond donors (Lipinski definition) is 0. The summed E-state index contributed by atoms with van der Waals surface area (Å²) in [6.45, 7) is 2.35. The van der Waals surface area contributed by atoms with Gasteiger partial charge in [-0.3, -0.25) is 0 Å². The van der Waals surface area contributed by atoms with Crippen molar-refractivity contribution in [2.75, 3.05) is 6.54 Å². The Balaban J connectivity index is 2.15. The van der Waals surface area contributed by atoms with Crippen LogP contribution in [0.1, 0.15) is 24.2 Å². The zero-order chi connectivity index (χ0) is 21.6. The fourth-order valence-corrected chi connectivity index (χ4v) is 4.60. The number of benzene rings is 1. The van der Waals surface area contributed by atoms with E-state index in [1.165, 1.54) is 13.0 Å². The highest BCUT2D eigenvalue weighted by Gasteiger charge is 2.49. The Labute approximate surface area is 168 Å². The molecule has 0 aliphatic heterocycles. The lowest BCUT2D eigenvalue weighted by molar-refractivity contribution is -0.173. The summed E-state index contributed by atoms with van der Waals surface area (Å²) in [6.07, 6.45) is -4.95. The molecule has 0 spiro atoms. The number of alkyl halides is 3. The summed E-state index contributed by atoms with van der Waals surface area (Å²) in [5, 5.41) is 3.30. The molecular formula is C17H15ClF4N4O2S. The van der Waals surface area contributed by atoms with E-state index in [4.69, 9.17) is 11.6 Å². The minimum absolute atomic E-state index is 0.0472. The summed E-state index contributed by atoms with van der Waals surface area (Å²) in [5.41, 5.74) is 0.225. The molecule has 1 atom stereocenters. The molecule has 0 aliphatic rings. The van der Waals surface area contributed by atoms with Gasteiger partial charge >= 0.3 is 6.18 Å². The standard InChI is InChI=1S/C17H15ClF4N4O2S/c1-3-25(15(17(20,21)22)11-4-6-12(19)7-5-11)29(27,28)14-9-8-13-23-10(2)16(18)26(13)24-14/h4-9,15H,3H2,1-2H3/t15-/m1/s1. The first-order valence-corrected chi connectivity index (χ1v) is 10.1. The average molecular weight is 451 g/mol. The van der Waals surface area contributed by atoms with Crippen molar-refractivity contribution in [3.63, 3.8) is 0 Å². The maximum atomic E-state index is 13.9. The maximum absolute atomic E-state index is 13.9. The number of rotatable bonds is 5. The molecule has 0 saturated heterocycles. The number of aromatic nitrogens is 3. The van der Waals surface area contributed by atoms with Crippen LogP contribution in [0.2, 0.25) is 5.15 Å². The molecule has 3 rings (SSSR count). The van der Waals surface area contributed by atoms with E-state index in [1.807, 2.05) is 0 Å². The number of fused-ring (bicyclic) bond motifs is 1. The highest BCUT2D eigenvalue weighted by molar-refractivity contribution is 7.89. The van der Waals surface area contributed by atoms with E-state index in [-0.39, 0.29) is 15.1 Å². The first-order valence-electron chi connectivity index (χ1n) is 8.32. The van der Waals surface area contributed by atoms with Crippen LogP contribution in [-0.4, -0.2) is 40.0 Å². The van der Waals surface area contributed by atoms with Crippen LogP contribution in [0.5, 0.6) is 0 Å². The lowest BCUT2D eigenvalue weighted by atomic mass is 10.1. The van der Waals surface area contributed by atoms with E-state index in [0.717, 1.165) is 34.8 Å². The number of nitrogens with zero attached hydrogens (tertiary/aromatic N) is 4. The third-order valence-electron chi connectivity index (χ3n) is 4.23. The highest BCUT2D eigenvalue weighted by atomic mass is 35.5. The smallest absolute Gasteiger partial charge is 0.231 e. The number of aryl methyl sites for hydroxylation is 1. The van der Waals surface area contributed by atoms with Gasteiger partial charge in [-0.15, -0.1) is 0 Å². The molecule has 0 fully saturated rings. The second kappa shape index (κ2) is 7.54. The van der Waals surface area contributed by atoms with Gasteiger partial charge in [0.2, 0.25) is 0 Å². The summed E-state index contributed by atoms with van der Waals surface area (Å²) in [7, 11) is -4.69. The average Bonchev–Trinajstić information content (AvgIpc) is 2.93. The normalized spacial score (nSPS) is 13.9. The number of halogens is 5. The van der Waals surface area contributed by atoms with Gasteiger partial charge in [0.05, 0.1) is 5.69 Å². The van der Waals surface area contributed by atoms with Gasteiger partial charge in [0.25, 0.3) is 10.0 Å². The summed E-state index contributed by atoms with van der Waals surface area (Å²) in [5.74, 6) is -0.738. The molecule has 156 valence electrons. The van der Waals surface area contributed by atoms with Crippen LogP contribution >= 0.6 is 11.6 Å². The number of hydrogen-bond acceptors (Lipinski definition) is 4. The zero-order valence-electron chi connectivity index (χ0n) is 15.2. The van der Waals surface area contributed by atoms with Crippen LogP contribution in [0.25, 0.3) is 5.65 Å². The lowest BCUT2D eigenvalue weighted by Crippen LogP contribution is -2.42. The summed E-state index contributed by atoms with van der Waals surface area (Å²) in [6, 6.07) is 3.33. The topological polar surface area (TPSA) is 67.6 Å². The fourth-order valence-electron chi connectivity index (χ4n) is 2.91. The molecule has 29 heavy (non-hydrogen) atoms. The van der Waals surface area contributed by atoms with E-state index >= 15 is 0 Å². The molecule has 0 N–H and O–H groups in total. The van der Waals surface area contributed by atoms with E-state index in [9.17, 15) is 26.0 Å². The van der Waals surface area contributed by atoms with E-state index in [2.05, 4.69) is 10.1 Å². The Kier molecular flexibility index (Phi) is 5.58. The van der Waals surface area contributed by atoms with Gasteiger partial charge in [-0.25, -0.2) is 22.3 Å². The van der Waals surface area contributed by atoms with Gasteiger partial charge in [-0.2, -0.15) is 22.6 Å². The largest absolute Gasteiger partial charge is 0.409 e. The Hall–Kier alpha value is -2.24. The minimum Gasteiger partial charge on any atom is -0.231 e. The van der Waals surface area contributed by atoms with Crippen LogP contribution in [-0.2, 0) is 10.0 Å². The van der Waals surface area contributed by atoms with Crippen molar-refractivity contribution in [2.24, 2.45) is 0 Å². The Bertz CT molecular complexity index is 1150. The van der Waals surface area contributed by atoms with Crippen LogP contribution in [0, 0.1) is 12.7 Å². The molecule has 0 radical (unpaired) electrons. The van der Waals surface area contributed by atoms with Crippen molar-refractivity contribution in [3.8, 4) is 0 Å². The summed E-state index contributed by atoms with van der Waals surface area (Å²) < 4.78 is 82.2. The third kappa shape index (κ3) is 3.94. The third-order valence-corrected chi connectivity index (χ3v) is 6.49. The molecule has 0 unspecified atom stereocenters. The SMILES string of the molecule is CCN([C@H](c1ccc(F)cc1)C(F)(F)F)S(=O)(=O)c1ccc2nc(C)c(Cl)n2n1. The van der Waals surface area contributed by atoms with E-state index in [0.29, 0.717) is 5.69 Å². The maximum Gasteiger partial charge on any atom is 0.409 e. The van der Waals surface area contributed by atoms with Gasteiger partial charge in [0.1, 0.15) is 11.9 Å². The van der Waals surface area contributed by atoms with Crippen molar-refractivity contribution in [1.82, 2.24) is 18.9 Å². The molecule has 0 bridgehead atoms. The van der Waals surface area contributed by atoms with Crippen LogP contribution in [0.15, 0.2) is 41.4 Å². The quantitative estimate of drug-likeness (QED) is 0.548. The van der Waals surface area contributed by atoms with Crippen molar-refractivity contribution >= 4 is 27.3 Å². The fraction of sp³-hybridized carbons (Fsp3) is 0.294. The molecule has 0 aliphatic carbocycles. The molecular weight excluding hydrogens is 436 g/mol. The molecule has 12 heteroatoms. The first-order chi connectivity index (χ1) is 13.5. The van der Waals surface area contributed by atoms with Crippen LogP contribution in [0.3, 0.4) is 0 Å². The lowest BCUT2D eigenvalue weighted by Gasteiger charge is -2.31. The van der Waals surface area contributed by atoms with Gasteiger partial charge in [-0.1, -0.05) is 30.7 Å². The molecule has 0 saturated carbocycles. The Morgan fingerprint density at radius 2 is 1.79 bits per heavy atom. The van der Waals surface area contributed by atoms with Gasteiger partial charge in [-0.05, 0) is 36.8 Å². The number of imidazole rings is 1. The number of sulfonamides is 1. The van der Waals surface area contributed by atoms with E-state index < -0.39 is 45.2 Å². The molecule has 6 nitrogen and oxygen atoms in total. The predicted octanol–water partition coefficient (Wildman–Crippen LogP) is 4.14. The monoisotopic (exact) mass is 450 g/mol. The van der Waals surface area contributed by atoms with E-state index in [1.54, 1.807) is 6.92 Å². The zero-order valence-corrected chi connectivity index (χ0v) is 16.7. The summed E-state index contributed by atoms with van der Waals surface area (Å²) >= 11 is 6.04. The molecule has 3 aromatic rings.